The molecule has 1 aromatic heterocycles. The fourth-order valence-electron chi connectivity index (χ4n) is 3.79. The number of aryl methyl sites for hydroxylation is 1. The van der Waals surface area contributed by atoms with E-state index in [1.54, 1.807) is 0 Å². The normalized spacial score (nSPS) is 11.4. The van der Waals surface area contributed by atoms with Crippen LogP contribution in [0.4, 0.5) is 0 Å². The largest absolute Gasteiger partial charge is 0.340 e. The van der Waals surface area contributed by atoms with Crippen LogP contribution in [0.3, 0.4) is 0 Å². The second-order valence-electron chi connectivity index (χ2n) is 7.04. The topological polar surface area (TPSA) is 22.0 Å². The molecule has 0 aliphatic carbocycles. The first-order valence-corrected chi connectivity index (χ1v) is 9.81. The number of aldehydes is 1. The predicted octanol–water partition coefficient (Wildman–Crippen LogP) is 6.75. The first-order chi connectivity index (χ1) is 12.3. The van der Waals surface area contributed by atoms with Gasteiger partial charge < -0.3 is 4.57 Å². The van der Waals surface area contributed by atoms with Gasteiger partial charge in [-0.1, -0.05) is 70.1 Å². The standard InChI is InChI=1S/C23H29NO/c1-2-3-4-5-6-7-8-11-16-24-22-13-10-9-12-20(22)21-17-19(18-25)14-15-23(21)24/h9-10,12-15,17-18H,2-8,11,16H2,1H3. The van der Waals surface area contributed by atoms with Crippen LogP contribution < -0.4 is 0 Å². The molecular formula is C23H29NO. The summed E-state index contributed by atoms with van der Waals surface area (Å²) in [6.07, 6.45) is 11.6. The van der Waals surface area contributed by atoms with Gasteiger partial charge in [-0.2, -0.15) is 0 Å². The third kappa shape index (κ3) is 4.12. The van der Waals surface area contributed by atoms with E-state index in [1.165, 1.54) is 73.2 Å². The molecule has 0 saturated carbocycles. The van der Waals surface area contributed by atoms with Crippen molar-refractivity contribution in [3.8, 4) is 0 Å². The number of hydrogen-bond acceptors (Lipinski definition) is 1. The average molecular weight is 335 g/mol. The van der Waals surface area contributed by atoms with Gasteiger partial charge in [0.15, 0.2) is 0 Å². The summed E-state index contributed by atoms with van der Waals surface area (Å²) in [4.78, 5) is 11.1. The van der Waals surface area contributed by atoms with Gasteiger partial charge in [0.2, 0.25) is 0 Å². The van der Waals surface area contributed by atoms with Crippen LogP contribution >= 0.6 is 0 Å². The van der Waals surface area contributed by atoms with Crippen molar-refractivity contribution in [2.24, 2.45) is 0 Å². The lowest BCUT2D eigenvalue weighted by molar-refractivity contribution is 0.112. The molecule has 0 radical (unpaired) electrons. The number of hydrogen-bond donors (Lipinski definition) is 0. The second kappa shape index (κ2) is 8.84. The van der Waals surface area contributed by atoms with Crippen molar-refractivity contribution in [1.82, 2.24) is 4.57 Å². The summed E-state index contributed by atoms with van der Waals surface area (Å²) in [5, 5.41) is 2.44. The molecule has 2 heteroatoms. The third-order valence-corrected chi connectivity index (χ3v) is 5.17. The van der Waals surface area contributed by atoms with Gasteiger partial charge in [-0.25, -0.2) is 0 Å². The van der Waals surface area contributed by atoms with Crippen LogP contribution in [0.1, 0.15) is 68.6 Å². The highest BCUT2D eigenvalue weighted by Gasteiger charge is 2.10. The Kier molecular flexibility index (Phi) is 6.27. The van der Waals surface area contributed by atoms with Gasteiger partial charge in [-0.05, 0) is 30.7 Å². The molecule has 2 aromatic carbocycles. The van der Waals surface area contributed by atoms with E-state index in [-0.39, 0.29) is 0 Å². The summed E-state index contributed by atoms with van der Waals surface area (Å²) in [7, 11) is 0. The molecule has 0 bridgehead atoms. The Bertz CT molecular complexity index is 831. The molecule has 1 heterocycles. The number of rotatable bonds is 10. The van der Waals surface area contributed by atoms with Crippen LogP contribution in [0.2, 0.25) is 0 Å². The van der Waals surface area contributed by atoms with Gasteiger partial charge in [-0.3, -0.25) is 4.79 Å². The Hall–Kier alpha value is -2.09. The molecule has 3 aromatic rings. The maximum absolute atomic E-state index is 11.1. The van der Waals surface area contributed by atoms with Crippen molar-refractivity contribution in [3.63, 3.8) is 0 Å². The minimum Gasteiger partial charge on any atom is -0.340 e. The molecule has 132 valence electrons. The summed E-state index contributed by atoms with van der Waals surface area (Å²) < 4.78 is 2.43. The molecule has 0 unspecified atom stereocenters. The van der Waals surface area contributed by atoms with E-state index >= 15 is 0 Å². The highest BCUT2D eigenvalue weighted by Crippen LogP contribution is 2.30. The number of fused-ring (bicyclic) bond motifs is 3. The number of para-hydroxylation sites is 1. The molecular weight excluding hydrogens is 306 g/mol. The number of aromatic nitrogens is 1. The SMILES string of the molecule is CCCCCCCCCCn1c2ccccc2c2cc(C=O)ccc21. The van der Waals surface area contributed by atoms with Crippen molar-refractivity contribution >= 4 is 28.1 Å². The number of carbonyl (C=O) groups is 1. The molecule has 2 nitrogen and oxygen atoms in total. The Balaban J connectivity index is 1.69. The molecule has 3 rings (SSSR count). The van der Waals surface area contributed by atoms with E-state index in [4.69, 9.17) is 0 Å². The highest BCUT2D eigenvalue weighted by atomic mass is 16.1. The zero-order valence-corrected chi connectivity index (χ0v) is 15.3. The molecule has 0 fully saturated rings. The lowest BCUT2D eigenvalue weighted by Gasteiger charge is -2.08. The number of unbranched alkanes of at least 4 members (excludes halogenated alkanes) is 7. The summed E-state index contributed by atoms with van der Waals surface area (Å²) in [5.74, 6) is 0. The Morgan fingerprint density at radius 3 is 2.24 bits per heavy atom. The fourth-order valence-corrected chi connectivity index (χ4v) is 3.79. The monoisotopic (exact) mass is 335 g/mol. The van der Waals surface area contributed by atoms with E-state index in [1.807, 2.05) is 12.1 Å². The van der Waals surface area contributed by atoms with Gasteiger partial charge in [0.25, 0.3) is 0 Å². The number of carbonyl (C=O) groups excluding carboxylic acids is 1. The average Bonchev–Trinajstić information content (AvgIpc) is 2.97. The fraction of sp³-hybridized carbons (Fsp3) is 0.435. The van der Waals surface area contributed by atoms with E-state index in [0.717, 1.165) is 18.4 Å². The Morgan fingerprint density at radius 2 is 1.48 bits per heavy atom. The van der Waals surface area contributed by atoms with Gasteiger partial charge in [0.1, 0.15) is 6.29 Å². The Labute approximate surface area is 150 Å². The zero-order chi connectivity index (χ0) is 17.5. The maximum Gasteiger partial charge on any atom is 0.150 e. The molecule has 0 amide bonds. The van der Waals surface area contributed by atoms with E-state index in [2.05, 4.69) is 41.8 Å². The second-order valence-corrected chi connectivity index (χ2v) is 7.04. The third-order valence-electron chi connectivity index (χ3n) is 5.17. The van der Waals surface area contributed by atoms with Crippen LogP contribution in [-0.4, -0.2) is 10.9 Å². The van der Waals surface area contributed by atoms with E-state index < -0.39 is 0 Å². The van der Waals surface area contributed by atoms with Crippen LogP contribution in [0, 0.1) is 0 Å². The first kappa shape index (κ1) is 17.7. The molecule has 0 aliphatic rings. The minimum absolute atomic E-state index is 0.752. The number of nitrogens with zero attached hydrogens (tertiary/aromatic N) is 1. The smallest absolute Gasteiger partial charge is 0.150 e. The van der Waals surface area contributed by atoms with Crippen molar-refractivity contribution in [1.29, 1.82) is 0 Å². The summed E-state index contributed by atoms with van der Waals surface area (Å²) in [6, 6.07) is 14.6. The lowest BCUT2D eigenvalue weighted by atomic mass is 10.1. The molecule has 25 heavy (non-hydrogen) atoms. The summed E-state index contributed by atoms with van der Waals surface area (Å²) >= 11 is 0. The quantitative estimate of drug-likeness (QED) is 0.297. The van der Waals surface area contributed by atoms with Crippen LogP contribution in [-0.2, 0) is 6.54 Å². The molecule has 0 aliphatic heterocycles. The zero-order valence-electron chi connectivity index (χ0n) is 15.3. The van der Waals surface area contributed by atoms with Crippen LogP contribution in [0.15, 0.2) is 42.5 Å². The highest BCUT2D eigenvalue weighted by molar-refractivity contribution is 6.09. The summed E-state index contributed by atoms with van der Waals surface area (Å²) in [6.45, 7) is 3.32. The summed E-state index contributed by atoms with van der Waals surface area (Å²) in [5.41, 5.74) is 3.28. The van der Waals surface area contributed by atoms with Crippen LogP contribution in [0.25, 0.3) is 21.8 Å². The minimum atomic E-state index is 0.752. The van der Waals surface area contributed by atoms with Gasteiger partial charge in [0, 0.05) is 33.9 Å². The van der Waals surface area contributed by atoms with Gasteiger partial charge >= 0.3 is 0 Å². The van der Waals surface area contributed by atoms with E-state index in [9.17, 15) is 4.79 Å². The molecule has 0 atom stereocenters. The number of benzene rings is 2. The molecule has 0 saturated heterocycles. The predicted molar refractivity (Wildman–Crippen MR) is 107 cm³/mol. The van der Waals surface area contributed by atoms with Crippen molar-refractivity contribution in [2.45, 2.75) is 64.8 Å². The molecule has 0 N–H and O–H groups in total. The van der Waals surface area contributed by atoms with Crippen molar-refractivity contribution in [3.05, 3.63) is 48.0 Å². The van der Waals surface area contributed by atoms with Crippen molar-refractivity contribution < 1.29 is 4.79 Å². The van der Waals surface area contributed by atoms with Gasteiger partial charge in [-0.15, -0.1) is 0 Å². The van der Waals surface area contributed by atoms with Crippen LogP contribution in [0.5, 0.6) is 0 Å². The first-order valence-electron chi connectivity index (χ1n) is 9.81. The lowest BCUT2D eigenvalue weighted by Crippen LogP contribution is -1.97. The van der Waals surface area contributed by atoms with E-state index in [0.29, 0.717) is 0 Å². The van der Waals surface area contributed by atoms with Gasteiger partial charge in [0.05, 0.1) is 0 Å². The Morgan fingerprint density at radius 1 is 0.800 bits per heavy atom. The van der Waals surface area contributed by atoms with Crippen molar-refractivity contribution in [2.75, 3.05) is 0 Å². The maximum atomic E-state index is 11.1. The molecule has 0 spiro atoms.